The molecule has 0 fully saturated rings. The summed E-state index contributed by atoms with van der Waals surface area (Å²) in [6.45, 7) is 0. The molecule has 0 aliphatic rings. The van der Waals surface area contributed by atoms with Crippen molar-refractivity contribution in [2.75, 3.05) is 0 Å². The molecule has 0 aromatic rings. The fourth-order valence-electron chi connectivity index (χ4n) is 0.0786. The van der Waals surface area contributed by atoms with Gasteiger partial charge in [0.15, 0.2) is 0 Å². The molecule has 0 bridgehead atoms. The minimum absolute atomic E-state index is 0. The Kier molecular flexibility index (Phi) is 12.7. The Morgan fingerprint density at radius 2 is 1.86 bits per heavy atom. The second-order valence-electron chi connectivity index (χ2n) is 0.587. The monoisotopic (exact) mass is 141 g/mol. The van der Waals surface area contributed by atoms with E-state index >= 15 is 0 Å². The second kappa shape index (κ2) is 9.13. The average Bonchev–Trinajstić information content (AvgIpc) is 1.61. The fourth-order valence-corrected chi connectivity index (χ4v) is 0.0786. The largest absolute Gasteiger partial charge is 0.410 e. The summed E-state index contributed by atoms with van der Waals surface area (Å²) < 4.78 is 0. The van der Waals surface area contributed by atoms with Crippen LogP contribution in [0.2, 0.25) is 0 Å². The molecule has 7 heavy (non-hydrogen) atoms. The molecule has 2 nitrogen and oxygen atoms in total. The van der Waals surface area contributed by atoms with E-state index in [9.17, 15) is 9.59 Å². The van der Waals surface area contributed by atoms with Gasteiger partial charge in [0.1, 0.15) is 0 Å². The van der Waals surface area contributed by atoms with E-state index in [0.717, 1.165) is 6.08 Å². The number of rotatable bonds is 2. The summed E-state index contributed by atoms with van der Waals surface area (Å²) in [6, 6.07) is 0. The molecule has 42 valence electrons. The third-order valence-corrected chi connectivity index (χ3v) is 0.232. The third-order valence-electron chi connectivity index (χ3n) is 0.232. The quantitative estimate of drug-likeness (QED) is 0.230. The van der Waals surface area contributed by atoms with Crippen molar-refractivity contribution < 1.29 is 26.1 Å². The van der Waals surface area contributed by atoms with Gasteiger partial charge in [-0.2, -0.15) is 6.08 Å². The minimum atomic E-state index is 0. The Bertz CT molecular complexity index is 67.8. The first kappa shape index (κ1) is 9.76. The van der Waals surface area contributed by atoms with E-state index in [4.69, 9.17) is 0 Å². The molecule has 0 aromatic heterocycles. The molecule has 0 saturated carbocycles. The summed E-state index contributed by atoms with van der Waals surface area (Å²) in [5.41, 5.74) is 0. The SMILES string of the molecule is O=C[C-]=CC=O.[Ni]. The molecule has 0 heterocycles. The molecule has 0 aliphatic carbocycles. The van der Waals surface area contributed by atoms with Gasteiger partial charge in [-0.3, -0.25) is 0 Å². The van der Waals surface area contributed by atoms with Crippen LogP contribution in [0.25, 0.3) is 0 Å². The van der Waals surface area contributed by atoms with Crippen LogP contribution in [-0.2, 0) is 26.1 Å². The molecule has 0 amide bonds. The van der Waals surface area contributed by atoms with Gasteiger partial charge in [0.05, 0.1) is 6.29 Å². The van der Waals surface area contributed by atoms with E-state index < -0.39 is 0 Å². The normalized spacial score (nSPS) is 7.43. The van der Waals surface area contributed by atoms with Crippen molar-refractivity contribution in [2.45, 2.75) is 0 Å². The Balaban J connectivity index is 0. The fraction of sp³-hybridized carbons (Fsp3) is 0. The van der Waals surface area contributed by atoms with E-state index in [0.29, 0.717) is 12.6 Å². The maximum Gasteiger partial charge on any atom is 0.0532 e. The standard InChI is InChI=1S/C4H3O2.Ni/c5-3-1-2-4-6;/h1,3-4H;/q-1;. The predicted molar refractivity (Wildman–Crippen MR) is 19.9 cm³/mol. The first-order valence-electron chi connectivity index (χ1n) is 1.38. The summed E-state index contributed by atoms with van der Waals surface area (Å²) in [4.78, 5) is 18.5. The molecule has 0 atom stereocenters. The summed E-state index contributed by atoms with van der Waals surface area (Å²) in [7, 11) is 0. The zero-order valence-electron chi connectivity index (χ0n) is 3.36. The zero-order chi connectivity index (χ0) is 4.83. The van der Waals surface area contributed by atoms with E-state index in [-0.39, 0.29) is 16.5 Å². The van der Waals surface area contributed by atoms with Crippen molar-refractivity contribution in [1.29, 1.82) is 0 Å². The maximum atomic E-state index is 9.29. The van der Waals surface area contributed by atoms with Gasteiger partial charge < -0.3 is 9.59 Å². The Labute approximate surface area is 51.5 Å². The van der Waals surface area contributed by atoms with Gasteiger partial charge in [0, 0.05) is 16.5 Å². The summed E-state index contributed by atoms with van der Waals surface area (Å²) in [6.07, 6.45) is 3.95. The van der Waals surface area contributed by atoms with Crippen molar-refractivity contribution >= 4 is 12.6 Å². The van der Waals surface area contributed by atoms with Gasteiger partial charge in [-0.1, -0.05) is 0 Å². The maximum absolute atomic E-state index is 9.29. The Hall–Kier alpha value is -0.426. The van der Waals surface area contributed by atoms with E-state index in [2.05, 4.69) is 0 Å². The van der Waals surface area contributed by atoms with Gasteiger partial charge in [-0.15, -0.1) is 0 Å². The zero-order valence-corrected chi connectivity index (χ0v) is 4.35. The number of carbonyl (C=O) groups is 2. The van der Waals surface area contributed by atoms with Crippen molar-refractivity contribution in [1.82, 2.24) is 0 Å². The van der Waals surface area contributed by atoms with Crippen LogP contribution in [0.15, 0.2) is 6.08 Å². The molecule has 0 aromatic carbocycles. The first-order valence-corrected chi connectivity index (χ1v) is 1.38. The molecular formula is C4H3NiO2-. The molecule has 3 heteroatoms. The van der Waals surface area contributed by atoms with Crippen LogP contribution < -0.4 is 0 Å². The van der Waals surface area contributed by atoms with Crippen LogP contribution >= 0.6 is 0 Å². The predicted octanol–water partition coefficient (Wildman–Crippen LogP) is -0.259. The smallest absolute Gasteiger partial charge is 0.0532 e. The van der Waals surface area contributed by atoms with E-state index in [1.165, 1.54) is 0 Å². The second-order valence-corrected chi connectivity index (χ2v) is 0.587. The summed E-state index contributed by atoms with van der Waals surface area (Å²) >= 11 is 0. The summed E-state index contributed by atoms with van der Waals surface area (Å²) in [5, 5.41) is 0. The number of hydrogen-bond donors (Lipinski definition) is 0. The van der Waals surface area contributed by atoms with Crippen LogP contribution in [0, 0.1) is 6.08 Å². The van der Waals surface area contributed by atoms with Crippen molar-refractivity contribution in [3.63, 3.8) is 0 Å². The first-order chi connectivity index (χ1) is 2.91. The van der Waals surface area contributed by atoms with Gasteiger partial charge >= 0.3 is 0 Å². The molecule has 0 saturated heterocycles. The number of allylic oxidation sites excluding steroid dienone is 2. The molecule has 0 aliphatic heterocycles. The van der Waals surface area contributed by atoms with Crippen LogP contribution in [0.4, 0.5) is 0 Å². The van der Waals surface area contributed by atoms with Gasteiger partial charge in [-0.05, 0) is 6.29 Å². The van der Waals surface area contributed by atoms with Gasteiger partial charge in [-0.25, -0.2) is 6.08 Å². The van der Waals surface area contributed by atoms with Crippen LogP contribution in [-0.4, -0.2) is 12.6 Å². The van der Waals surface area contributed by atoms with Crippen molar-refractivity contribution in [3.8, 4) is 0 Å². The Morgan fingerprint density at radius 3 is 2.00 bits per heavy atom. The van der Waals surface area contributed by atoms with Gasteiger partial charge in [0.25, 0.3) is 0 Å². The molecular weight excluding hydrogens is 139 g/mol. The van der Waals surface area contributed by atoms with Crippen molar-refractivity contribution in [3.05, 3.63) is 12.2 Å². The minimum Gasteiger partial charge on any atom is -0.410 e. The molecule has 0 N–H and O–H groups in total. The summed E-state index contributed by atoms with van der Waals surface area (Å²) in [5.74, 6) is 0. The van der Waals surface area contributed by atoms with Crippen LogP contribution in [0.5, 0.6) is 0 Å². The average molecular weight is 142 g/mol. The van der Waals surface area contributed by atoms with Crippen LogP contribution in [0.1, 0.15) is 0 Å². The third kappa shape index (κ3) is 10.7. The van der Waals surface area contributed by atoms with Gasteiger partial charge in [0.2, 0.25) is 0 Å². The Morgan fingerprint density at radius 1 is 1.29 bits per heavy atom. The number of aldehydes is 2. The molecule has 0 radical (unpaired) electrons. The van der Waals surface area contributed by atoms with E-state index in [1.807, 2.05) is 6.08 Å². The van der Waals surface area contributed by atoms with Crippen LogP contribution in [0.3, 0.4) is 0 Å². The van der Waals surface area contributed by atoms with E-state index in [1.54, 1.807) is 0 Å². The molecule has 0 unspecified atom stereocenters. The molecule has 0 spiro atoms. The number of carbonyl (C=O) groups excluding carboxylic acids is 2. The topological polar surface area (TPSA) is 34.1 Å². The number of hydrogen-bond acceptors (Lipinski definition) is 2. The van der Waals surface area contributed by atoms with Crippen molar-refractivity contribution in [2.24, 2.45) is 0 Å². The molecule has 0 rings (SSSR count).